The smallest absolute Gasteiger partial charge is 0.263 e. The van der Waals surface area contributed by atoms with E-state index in [1.54, 1.807) is 0 Å². The van der Waals surface area contributed by atoms with Gasteiger partial charge in [0.05, 0.1) is 10.7 Å². The van der Waals surface area contributed by atoms with E-state index in [0.29, 0.717) is 16.6 Å². The van der Waals surface area contributed by atoms with Gasteiger partial charge < -0.3 is 16.0 Å². The molecule has 1 aromatic heterocycles. The second-order valence-corrected chi connectivity index (χ2v) is 6.98. The van der Waals surface area contributed by atoms with Crippen LogP contribution in [0.4, 0.5) is 10.7 Å². The van der Waals surface area contributed by atoms with Gasteiger partial charge in [-0.15, -0.1) is 11.3 Å². The summed E-state index contributed by atoms with van der Waals surface area (Å²) >= 11 is 1.53. The number of hydrogen-bond donors (Lipinski definition) is 2. The van der Waals surface area contributed by atoms with Gasteiger partial charge in [0.1, 0.15) is 4.88 Å². The second-order valence-electron chi connectivity index (χ2n) is 5.95. The molecule has 2 aliphatic rings. The van der Waals surface area contributed by atoms with Gasteiger partial charge in [0.2, 0.25) is 0 Å². The molecule has 2 heterocycles. The van der Waals surface area contributed by atoms with Gasteiger partial charge in [0, 0.05) is 32.2 Å². The van der Waals surface area contributed by atoms with Crippen LogP contribution in [0.5, 0.6) is 0 Å². The molecule has 0 aromatic carbocycles. The minimum absolute atomic E-state index is 0.00383. The molecular weight excluding hydrogens is 284 g/mol. The molecule has 0 unspecified atom stereocenters. The fourth-order valence-electron chi connectivity index (χ4n) is 2.71. The highest BCUT2D eigenvalue weighted by molar-refractivity contribution is 7.18. The van der Waals surface area contributed by atoms with Crippen molar-refractivity contribution >= 4 is 27.9 Å². The second kappa shape index (κ2) is 6.23. The first-order valence-electron chi connectivity index (χ1n) is 7.85. The summed E-state index contributed by atoms with van der Waals surface area (Å²) in [5.74, 6) is -0.00383. The van der Waals surface area contributed by atoms with E-state index in [1.165, 1.54) is 24.3 Å². The number of carbonyl (C=O) groups excluding carboxylic acids is 1. The number of rotatable bonds is 5. The topological polar surface area (TPSA) is 61.6 Å². The van der Waals surface area contributed by atoms with Crippen LogP contribution in [0.25, 0.3) is 0 Å². The SMILES string of the molecule is CCCN1CCN(c2cc(N)c(C(=O)NC3CC3)s2)CC1. The summed E-state index contributed by atoms with van der Waals surface area (Å²) in [5.41, 5.74) is 6.65. The molecule has 2 fully saturated rings. The average Bonchev–Trinajstić information content (AvgIpc) is 3.20. The molecule has 3 rings (SSSR count). The Morgan fingerprint density at radius 2 is 2.10 bits per heavy atom. The highest BCUT2D eigenvalue weighted by atomic mass is 32.1. The van der Waals surface area contributed by atoms with E-state index in [-0.39, 0.29) is 5.91 Å². The van der Waals surface area contributed by atoms with Crippen LogP contribution in [-0.2, 0) is 0 Å². The molecule has 1 aliphatic heterocycles. The first-order valence-corrected chi connectivity index (χ1v) is 8.66. The number of hydrogen-bond acceptors (Lipinski definition) is 5. The number of anilines is 2. The summed E-state index contributed by atoms with van der Waals surface area (Å²) in [7, 11) is 0. The Balaban J connectivity index is 1.62. The highest BCUT2D eigenvalue weighted by Gasteiger charge is 2.26. The first kappa shape index (κ1) is 14.7. The number of thiophene rings is 1. The van der Waals surface area contributed by atoms with Crippen molar-refractivity contribution in [2.75, 3.05) is 43.4 Å². The summed E-state index contributed by atoms with van der Waals surface area (Å²) in [4.78, 5) is 17.7. The van der Waals surface area contributed by atoms with Gasteiger partial charge in [-0.1, -0.05) is 6.92 Å². The predicted octanol–water partition coefficient (Wildman–Crippen LogP) is 1.75. The zero-order valence-corrected chi connectivity index (χ0v) is 13.4. The molecule has 1 saturated carbocycles. The third-order valence-corrected chi connectivity index (χ3v) is 5.30. The Bertz CT molecular complexity index is 504. The van der Waals surface area contributed by atoms with Crippen LogP contribution < -0.4 is 16.0 Å². The number of amides is 1. The van der Waals surface area contributed by atoms with E-state index in [0.717, 1.165) is 44.0 Å². The number of nitrogens with zero attached hydrogens (tertiary/aromatic N) is 2. The fourth-order valence-corrected chi connectivity index (χ4v) is 3.75. The predicted molar refractivity (Wildman–Crippen MR) is 88.2 cm³/mol. The van der Waals surface area contributed by atoms with Crippen molar-refractivity contribution in [3.05, 3.63) is 10.9 Å². The van der Waals surface area contributed by atoms with Crippen molar-refractivity contribution in [3.8, 4) is 0 Å². The van der Waals surface area contributed by atoms with Gasteiger partial charge >= 0.3 is 0 Å². The van der Waals surface area contributed by atoms with Crippen molar-refractivity contribution in [1.82, 2.24) is 10.2 Å². The van der Waals surface area contributed by atoms with Gasteiger partial charge in [0.25, 0.3) is 5.91 Å². The standard InChI is InChI=1S/C15H24N4OS/c1-2-5-18-6-8-19(9-7-18)13-10-12(16)14(21-13)15(20)17-11-3-4-11/h10-11H,2-9,16H2,1H3,(H,17,20). The monoisotopic (exact) mass is 308 g/mol. The van der Waals surface area contributed by atoms with E-state index in [9.17, 15) is 4.79 Å². The average molecular weight is 308 g/mol. The Morgan fingerprint density at radius 3 is 2.71 bits per heavy atom. The van der Waals surface area contributed by atoms with Crippen LogP contribution in [0.1, 0.15) is 35.9 Å². The molecule has 6 heteroatoms. The van der Waals surface area contributed by atoms with Crippen LogP contribution in [0, 0.1) is 0 Å². The van der Waals surface area contributed by atoms with E-state index < -0.39 is 0 Å². The maximum atomic E-state index is 12.1. The summed E-state index contributed by atoms with van der Waals surface area (Å²) in [6, 6.07) is 2.34. The first-order chi connectivity index (χ1) is 10.2. The number of nitrogens with two attached hydrogens (primary N) is 1. The number of nitrogens with one attached hydrogen (secondary N) is 1. The van der Waals surface area contributed by atoms with Crippen LogP contribution >= 0.6 is 11.3 Å². The van der Waals surface area contributed by atoms with Crippen LogP contribution in [0.15, 0.2) is 6.07 Å². The molecule has 1 saturated heterocycles. The Hall–Kier alpha value is -1.27. The molecule has 0 radical (unpaired) electrons. The van der Waals surface area contributed by atoms with E-state index in [4.69, 9.17) is 5.73 Å². The third kappa shape index (κ3) is 3.49. The van der Waals surface area contributed by atoms with Crippen molar-refractivity contribution < 1.29 is 4.79 Å². The molecule has 116 valence electrons. The molecular formula is C15H24N4OS. The van der Waals surface area contributed by atoms with E-state index in [1.807, 2.05) is 6.07 Å². The summed E-state index contributed by atoms with van der Waals surface area (Å²) in [5, 5.41) is 4.15. The maximum absolute atomic E-state index is 12.1. The minimum atomic E-state index is -0.00383. The number of carbonyl (C=O) groups is 1. The molecule has 21 heavy (non-hydrogen) atoms. The zero-order chi connectivity index (χ0) is 14.8. The lowest BCUT2D eigenvalue weighted by molar-refractivity contribution is 0.0956. The summed E-state index contributed by atoms with van der Waals surface area (Å²) < 4.78 is 0. The molecule has 1 amide bonds. The van der Waals surface area contributed by atoms with Crippen LogP contribution in [-0.4, -0.2) is 49.6 Å². The van der Waals surface area contributed by atoms with Crippen molar-refractivity contribution in [3.63, 3.8) is 0 Å². The van der Waals surface area contributed by atoms with Crippen molar-refractivity contribution in [2.45, 2.75) is 32.2 Å². The molecule has 1 aliphatic carbocycles. The van der Waals surface area contributed by atoms with Gasteiger partial charge in [-0.25, -0.2) is 0 Å². The molecule has 0 spiro atoms. The molecule has 5 nitrogen and oxygen atoms in total. The van der Waals surface area contributed by atoms with Gasteiger partial charge in [0.15, 0.2) is 0 Å². The lowest BCUT2D eigenvalue weighted by atomic mass is 10.3. The van der Waals surface area contributed by atoms with Crippen LogP contribution in [0.3, 0.4) is 0 Å². The summed E-state index contributed by atoms with van der Waals surface area (Å²) in [6.45, 7) is 7.62. The Morgan fingerprint density at radius 1 is 1.38 bits per heavy atom. The molecule has 1 aromatic rings. The zero-order valence-electron chi connectivity index (χ0n) is 12.6. The van der Waals surface area contributed by atoms with Crippen LogP contribution in [0.2, 0.25) is 0 Å². The Kier molecular flexibility index (Phi) is 4.35. The van der Waals surface area contributed by atoms with E-state index in [2.05, 4.69) is 22.0 Å². The summed E-state index contributed by atoms with van der Waals surface area (Å²) in [6.07, 6.45) is 3.41. The third-order valence-electron chi connectivity index (χ3n) is 4.09. The molecule has 0 bridgehead atoms. The minimum Gasteiger partial charge on any atom is -0.397 e. The molecule has 0 atom stereocenters. The van der Waals surface area contributed by atoms with Gasteiger partial charge in [-0.2, -0.15) is 0 Å². The van der Waals surface area contributed by atoms with Crippen molar-refractivity contribution in [1.29, 1.82) is 0 Å². The Labute approximate surface area is 130 Å². The van der Waals surface area contributed by atoms with Crippen molar-refractivity contribution in [2.24, 2.45) is 0 Å². The van der Waals surface area contributed by atoms with E-state index >= 15 is 0 Å². The molecule has 3 N–H and O–H groups in total. The lowest BCUT2D eigenvalue weighted by Gasteiger charge is -2.35. The lowest BCUT2D eigenvalue weighted by Crippen LogP contribution is -2.46. The van der Waals surface area contributed by atoms with Gasteiger partial charge in [-0.05, 0) is 31.9 Å². The number of nitrogen functional groups attached to an aromatic ring is 1. The number of piperazine rings is 1. The fraction of sp³-hybridized carbons (Fsp3) is 0.667. The maximum Gasteiger partial charge on any atom is 0.263 e. The quantitative estimate of drug-likeness (QED) is 0.870. The van der Waals surface area contributed by atoms with Gasteiger partial charge in [-0.3, -0.25) is 9.69 Å². The highest BCUT2D eigenvalue weighted by Crippen LogP contribution is 2.33. The normalized spacial score (nSPS) is 19.8. The largest absolute Gasteiger partial charge is 0.397 e.